The van der Waals surface area contributed by atoms with Gasteiger partial charge in [-0.25, -0.2) is 4.79 Å². The molecule has 1 fully saturated rings. The van der Waals surface area contributed by atoms with Crippen LogP contribution in [0.1, 0.15) is 23.6 Å². The lowest BCUT2D eigenvalue weighted by Gasteiger charge is -2.17. The van der Waals surface area contributed by atoms with Gasteiger partial charge < -0.3 is 14.8 Å². The fourth-order valence-corrected chi connectivity index (χ4v) is 3.01. The monoisotopic (exact) mass is 412 g/mol. The number of carbonyl (C=O) groups excluding carboxylic acids is 2. The molecule has 0 saturated carbocycles. The van der Waals surface area contributed by atoms with Gasteiger partial charge in [-0.05, 0) is 54.8 Å². The van der Waals surface area contributed by atoms with E-state index in [-0.39, 0.29) is 5.70 Å². The van der Waals surface area contributed by atoms with Crippen LogP contribution in [0.3, 0.4) is 0 Å². The minimum absolute atomic E-state index is 0.178. The molecule has 1 saturated heterocycles. The van der Waals surface area contributed by atoms with E-state index in [1.165, 1.54) is 0 Å². The van der Waals surface area contributed by atoms with Gasteiger partial charge in [-0.15, -0.1) is 6.58 Å². The zero-order valence-corrected chi connectivity index (χ0v) is 16.7. The maximum absolute atomic E-state index is 11.8. The predicted octanol–water partition coefficient (Wildman–Crippen LogP) is 4.23. The molecule has 2 N–H and O–H groups in total. The maximum Gasteiger partial charge on any atom is 0.326 e. The number of urea groups is 1. The molecule has 1 aliphatic heterocycles. The van der Waals surface area contributed by atoms with Gasteiger partial charge in [0, 0.05) is 10.6 Å². The van der Waals surface area contributed by atoms with E-state index in [0.29, 0.717) is 41.7 Å². The smallest absolute Gasteiger partial charge is 0.326 e. The number of benzene rings is 2. The van der Waals surface area contributed by atoms with Crippen molar-refractivity contribution in [3.05, 3.63) is 76.5 Å². The molecule has 150 valence electrons. The van der Waals surface area contributed by atoms with Crippen molar-refractivity contribution in [1.29, 1.82) is 0 Å². The third-order valence-electron chi connectivity index (χ3n) is 4.15. The molecule has 3 rings (SSSR count). The molecule has 0 spiro atoms. The second-order valence-corrected chi connectivity index (χ2v) is 6.75. The highest BCUT2D eigenvalue weighted by Gasteiger charge is 2.23. The predicted molar refractivity (Wildman–Crippen MR) is 112 cm³/mol. The summed E-state index contributed by atoms with van der Waals surface area (Å²) in [7, 11) is 0. The van der Waals surface area contributed by atoms with E-state index in [1.54, 1.807) is 18.2 Å². The highest BCUT2D eigenvalue weighted by molar-refractivity contribution is 6.30. The topological polar surface area (TPSA) is 76.7 Å². The van der Waals surface area contributed by atoms with Crippen LogP contribution in [-0.2, 0) is 17.8 Å². The van der Waals surface area contributed by atoms with Crippen LogP contribution in [0.2, 0.25) is 5.02 Å². The van der Waals surface area contributed by atoms with Gasteiger partial charge >= 0.3 is 6.03 Å². The zero-order valence-electron chi connectivity index (χ0n) is 16.0. The molecule has 0 aromatic heterocycles. The molecule has 29 heavy (non-hydrogen) atoms. The van der Waals surface area contributed by atoms with Gasteiger partial charge in [0.25, 0.3) is 5.91 Å². The number of halogens is 1. The summed E-state index contributed by atoms with van der Waals surface area (Å²) in [5.74, 6) is 0.697. The minimum atomic E-state index is -0.541. The Kier molecular flexibility index (Phi) is 6.57. The summed E-state index contributed by atoms with van der Waals surface area (Å²) in [6, 6.07) is 10.5. The van der Waals surface area contributed by atoms with E-state index in [9.17, 15) is 9.59 Å². The van der Waals surface area contributed by atoms with E-state index in [1.807, 2.05) is 37.3 Å². The molecule has 7 heteroatoms. The number of hydrogen-bond acceptors (Lipinski definition) is 4. The molecule has 6 nitrogen and oxygen atoms in total. The Bertz CT molecular complexity index is 968. The van der Waals surface area contributed by atoms with Gasteiger partial charge in [0.15, 0.2) is 11.5 Å². The lowest BCUT2D eigenvalue weighted by atomic mass is 10.0. The summed E-state index contributed by atoms with van der Waals surface area (Å²) in [6.07, 6.45) is 3.91. The number of carbonyl (C=O) groups is 2. The van der Waals surface area contributed by atoms with Gasteiger partial charge in [-0.3, -0.25) is 10.1 Å². The first kappa shape index (κ1) is 20.5. The number of ether oxygens (including phenoxy) is 2. The van der Waals surface area contributed by atoms with E-state index < -0.39 is 11.9 Å². The average Bonchev–Trinajstić information content (AvgIpc) is 3.00. The van der Waals surface area contributed by atoms with Crippen molar-refractivity contribution >= 4 is 29.6 Å². The zero-order chi connectivity index (χ0) is 20.8. The number of imide groups is 1. The second kappa shape index (κ2) is 9.30. The Morgan fingerprint density at radius 3 is 2.48 bits per heavy atom. The highest BCUT2D eigenvalue weighted by Crippen LogP contribution is 2.35. The van der Waals surface area contributed by atoms with Crippen molar-refractivity contribution in [2.24, 2.45) is 0 Å². The van der Waals surface area contributed by atoms with Crippen molar-refractivity contribution in [2.45, 2.75) is 20.0 Å². The number of hydrogen-bond donors (Lipinski definition) is 2. The maximum atomic E-state index is 11.8. The molecule has 0 bridgehead atoms. The number of rotatable bonds is 8. The van der Waals surface area contributed by atoms with E-state index in [4.69, 9.17) is 21.1 Å². The van der Waals surface area contributed by atoms with Crippen molar-refractivity contribution in [1.82, 2.24) is 10.6 Å². The molecule has 2 aromatic rings. The summed E-state index contributed by atoms with van der Waals surface area (Å²) >= 11 is 5.94. The molecule has 2 aromatic carbocycles. The fourth-order valence-electron chi connectivity index (χ4n) is 2.89. The van der Waals surface area contributed by atoms with Crippen LogP contribution in [0.25, 0.3) is 6.08 Å². The van der Waals surface area contributed by atoms with Crippen LogP contribution in [-0.4, -0.2) is 18.5 Å². The van der Waals surface area contributed by atoms with Crippen LogP contribution in [0.4, 0.5) is 4.79 Å². The summed E-state index contributed by atoms with van der Waals surface area (Å²) in [5.41, 5.74) is 2.71. The van der Waals surface area contributed by atoms with Crippen LogP contribution in [0.5, 0.6) is 11.5 Å². The van der Waals surface area contributed by atoms with E-state index in [0.717, 1.165) is 11.1 Å². The van der Waals surface area contributed by atoms with Crippen molar-refractivity contribution in [3.8, 4) is 11.5 Å². The molecular formula is C22H21ClN2O4. The van der Waals surface area contributed by atoms with Gasteiger partial charge in [0.2, 0.25) is 0 Å². The first-order valence-corrected chi connectivity index (χ1v) is 9.49. The van der Waals surface area contributed by atoms with Crippen LogP contribution >= 0.6 is 11.6 Å². The molecule has 0 unspecified atom stereocenters. The molecule has 0 aliphatic carbocycles. The first-order chi connectivity index (χ1) is 14.0. The molecule has 0 atom stereocenters. The van der Waals surface area contributed by atoms with Crippen molar-refractivity contribution in [3.63, 3.8) is 0 Å². The Balaban J connectivity index is 1.94. The van der Waals surface area contributed by atoms with E-state index in [2.05, 4.69) is 17.2 Å². The molecular weight excluding hydrogens is 392 g/mol. The lowest BCUT2D eigenvalue weighted by molar-refractivity contribution is -0.115. The molecule has 3 amide bonds. The second-order valence-electron chi connectivity index (χ2n) is 6.31. The normalized spacial score (nSPS) is 14.5. The van der Waals surface area contributed by atoms with Crippen LogP contribution in [0.15, 0.2) is 54.8 Å². The Morgan fingerprint density at radius 1 is 1.10 bits per heavy atom. The summed E-state index contributed by atoms with van der Waals surface area (Å²) in [5, 5.41) is 5.32. The highest BCUT2D eigenvalue weighted by atomic mass is 35.5. The number of amides is 3. The first-order valence-electron chi connectivity index (χ1n) is 9.12. The van der Waals surface area contributed by atoms with Gasteiger partial charge in [-0.1, -0.05) is 29.8 Å². The quantitative estimate of drug-likeness (QED) is 0.386. The molecule has 1 heterocycles. The van der Waals surface area contributed by atoms with Crippen LogP contribution < -0.4 is 20.1 Å². The van der Waals surface area contributed by atoms with Gasteiger partial charge in [0.1, 0.15) is 12.3 Å². The number of allylic oxidation sites excluding steroid dienone is 1. The van der Waals surface area contributed by atoms with Gasteiger partial charge in [-0.2, -0.15) is 0 Å². The summed E-state index contributed by atoms with van der Waals surface area (Å²) < 4.78 is 11.9. The SMILES string of the molecule is C=CCc1cc(/C=C2\NC(=O)NC2=O)cc(OCC)c1OCc1ccc(Cl)cc1. The average molecular weight is 413 g/mol. The minimum Gasteiger partial charge on any atom is -0.490 e. The molecule has 0 radical (unpaired) electrons. The van der Waals surface area contributed by atoms with E-state index >= 15 is 0 Å². The largest absolute Gasteiger partial charge is 0.490 e. The third kappa shape index (κ3) is 5.18. The Hall–Kier alpha value is -3.25. The summed E-state index contributed by atoms with van der Waals surface area (Å²) in [4.78, 5) is 23.2. The summed E-state index contributed by atoms with van der Waals surface area (Å²) in [6.45, 7) is 6.48. The van der Waals surface area contributed by atoms with Crippen LogP contribution in [0, 0.1) is 0 Å². The Labute approximate surface area is 174 Å². The fraction of sp³-hybridized carbons (Fsp3) is 0.182. The lowest BCUT2D eigenvalue weighted by Crippen LogP contribution is -2.22. The molecule has 1 aliphatic rings. The standard InChI is InChI=1S/C22H21ClN2O4/c1-3-5-16-10-15(11-18-21(26)25-22(27)24-18)12-19(28-4-2)20(16)29-13-14-6-8-17(23)9-7-14/h3,6-12H,1,4-5,13H2,2H3,(H2,24,25,26,27)/b18-11-. The third-order valence-corrected chi connectivity index (χ3v) is 4.40. The van der Waals surface area contributed by atoms with Gasteiger partial charge in [0.05, 0.1) is 6.61 Å². The van der Waals surface area contributed by atoms with Crippen molar-refractivity contribution in [2.75, 3.05) is 6.61 Å². The van der Waals surface area contributed by atoms with Crippen molar-refractivity contribution < 1.29 is 19.1 Å². The number of nitrogens with one attached hydrogen (secondary N) is 2. The Morgan fingerprint density at radius 2 is 1.86 bits per heavy atom.